The molecule has 0 unspecified atom stereocenters. The standard InChI is InChI=1S/C10H11NO2/c1-7(2)10(12)13-9-5-3-8(11)4-6-9/h3-6H,1,11H2,2H3. The predicted molar refractivity (Wildman–Crippen MR) is 51.3 cm³/mol. The van der Waals surface area contributed by atoms with Crippen LogP contribution in [-0.2, 0) is 4.79 Å². The Morgan fingerprint density at radius 1 is 1.38 bits per heavy atom. The molecule has 0 saturated carbocycles. The van der Waals surface area contributed by atoms with Crippen molar-refractivity contribution in [1.82, 2.24) is 0 Å². The highest BCUT2D eigenvalue weighted by Crippen LogP contribution is 2.13. The highest BCUT2D eigenvalue weighted by molar-refractivity contribution is 5.88. The van der Waals surface area contributed by atoms with Crippen LogP contribution in [0.4, 0.5) is 5.69 Å². The first kappa shape index (κ1) is 9.32. The Kier molecular flexibility index (Phi) is 2.69. The van der Waals surface area contributed by atoms with Crippen molar-refractivity contribution in [3.05, 3.63) is 36.4 Å². The molecule has 0 radical (unpaired) electrons. The quantitative estimate of drug-likeness (QED) is 0.324. The molecule has 0 aliphatic rings. The topological polar surface area (TPSA) is 52.3 Å². The van der Waals surface area contributed by atoms with E-state index < -0.39 is 5.97 Å². The molecule has 1 aromatic rings. The summed E-state index contributed by atoms with van der Waals surface area (Å²) in [5.41, 5.74) is 6.47. The fraction of sp³-hybridized carbons (Fsp3) is 0.100. The van der Waals surface area contributed by atoms with Crippen molar-refractivity contribution in [3.8, 4) is 5.75 Å². The second kappa shape index (κ2) is 3.76. The third kappa shape index (κ3) is 2.63. The molecule has 0 fully saturated rings. The second-order valence-electron chi connectivity index (χ2n) is 2.74. The summed E-state index contributed by atoms with van der Waals surface area (Å²) in [7, 11) is 0. The summed E-state index contributed by atoms with van der Waals surface area (Å²) >= 11 is 0. The van der Waals surface area contributed by atoms with E-state index in [0.29, 0.717) is 17.0 Å². The van der Waals surface area contributed by atoms with Gasteiger partial charge in [0.05, 0.1) is 0 Å². The summed E-state index contributed by atoms with van der Waals surface area (Å²) < 4.78 is 4.94. The van der Waals surface area contributed by atoms with Crippen LogP contribution in [0.25, 0.3) is 0 Å². The molecule has 0 saturated heterocycles. The van der Waals surface area contributed by atoms with Gasteiger partial charge in [-0.1, -0.05) is 6.58 Å². The molecule has 0 heterocycles. The van der Waals surface area contributed by atoms with Crippen LogP contribution < -0.4 is 10.5 Å². The van der Waals surface area contributed by atoms with Gasteiger partial charge in [0, 0.05) is 11.3 Å². The minimum Gasteiger partial charge on any atom is -0.423 e. The lowest BCUT2D eigenvalue weighted by molar-refractivity contribution is -0.130. The summed E-state index contributed by atoms with van der Waals surface area (Å²) in [6, 6.07) is 6.61. The summed E-state index contributed by atoms with van der Waals surface area (Å²) in [4.78, 5) is 11.0. The van der Waals surface area contributed by atoms with Gasteiger partial charge in [-0.15, -0.1) is 0 Å². The van der Waals surface area contributed by atoms with E-state index in [0.717, 1.165) is 0 Å². The van der Waals surface area contributed by atoms with Crippen LogP contribution >= 0.6 is 0 Å². The van der Waals surface area contributed by atoms with E-state index in [1.54, 1.807) is 31.2 Å². The number of benzene rings is 1. The first-order chi connectivity index (χ1) is 6.09. The molecule has 13 heavy (non-hydrogen) atoms. The normalized spacial score (nSPS) is 9.31. The van der Waals surface area contributed by atoms with E-state index >= 15 is 0 Å². The van der Waals surface area contributed by atoms with Crippen LogP contribution in [0.5, 0.6) is 5.75 Å². The third-order valence-corrected chi connectivity index (χ3v) is 1.44. The van der Waals surface area contributed by atoms with E-state index in [4.69, 9.17) is 10.5 Å². The highest BCUT2D eigenvalue weighted by Gasteiger charge is 2.03. The molecule has 3 heteroatoms. The minimum absolute atomic E-state index is 0.372. The van der Waals surface area contributed by atoms with Gasteiger partial charge in [0.1, 0.15) is 5.75 Å². The molecule has 2 N–H and O–H groups in total. The molecule has 0 aromatic heterocycles. The first-order valence-electron chi connectivity index (χ1n) is 3.83. The average molecular weight is 177 g/mol. The predicted octanol–water partition coefficient (Wildman–Crippen LogP) is 1.75. The van der Waals surface area contributed by atoms with Crippen LogP contribution in [0.3, 0.4) is 0 Å². The molecule has 1 aromatic carbocycles. The molecule has 68 valence electrons. The van der Waals surface area contributed by atoms with Crippen molar-refractivity contribution in [2.45, 2.75) is 6.92 Å². The molecular formula is C10H11NO2. The van der Waals surface area contributed by atoms with Crippen molar-refractivity contribution in [2.75, 3.05) is 5.73 Å². The number of esters is 1. The zero-order valence-corrected chi connectivity index (χ0v) is 7.41. The summed E-state index contributed by atoms with van der Waals surface area (Å²) in [6.45, 7) is 5.07. The summed E-state index contributed by atoms with van der Waals surface area (Å²) in [6.07, 6.45) is 0. The molecule has 3 nitrogen and oxygen atoms in total. The third-order valence-electron chi connectivity index (χ3n) is 1.44. The largest absolute Gasteiger partial charge is 0.423 e. The van der Waals surface area contributed by atoms with Crippen molar-refractivity contribution in [2.24, 2.45) is 0 Å². The van der Waals surface area contributed by atoms with Gasteiger partial charge in [-0.05, 0) is 31.2 Å². The first-order valence-corrected chi connectivity index (χ1v) is 3.83. The Labute approximate surface area is 76.8 Å². The number of nitrogens with two attached hydrogens (primary N) is 1. The SMILES string of the molecule is C=C(C)C(=O)Oc1ccc(N)cc1. The molecule has 0 aliphatic carbocycles. The average Bonchev–Trinajstić information content (AvgIpc) is 2.08. The lowest BCUT2D eigenvalue weighted by Gasteiger charge is -2.02. The van der Waals surface area contributed by atoms with E-state index in [1.165, 1.54) is 0 Å². The van der Waals surface area contributed by atoms with Crippen molar-refractivity contribution in [1.29, 1.82) is 0 Å². The van der Waals surface area contributed by atoms with Gasteiger partial charge in [0.25, 0.3) is 0 Å². The Morgan fingerprint density at radius 3 is 2.38 bits per heavy atom. The second-order valence-corrected chi connectivity index (χ2v) is 2.74. The fourth-order valence-electron chi connectivity index (χ4n) is 0.730. The molecule has 0 bridgehead atoms. The fourth-order valence-corrected chi connectivity index (χ4v) is 0.730. The van der Waals surface area contributed by atoms with Gasteiger partial charge < -0.3 is 10.5 Å². The van der Waals surface area contributed by atoms with E-state index in [9.17, 15) is 4.79 Å². The number of carbonyl (C=O) groups is 1. The Morgan fingerprint density at radius 2 is 1.92 bits per heavy atom. The van der Waals surface area contributed by atoms with Crippen molar-refractivity contribution >= 4 is 11.7 Å². The Bertz CT molecular complexity index is 327. The van der Waals surface area contributed by atoms with Crippen LogP contribution in [0.1, 0.15) is 6.92 Å². The van der Waals surface area contributed by atoms with Gasteiger partial charge in [0.15, 0.2) is 0 Å². The zero-order valence-electron chi connectivity index (χ0n) is 7.41. The van der Waals surface area contributed by atoms with E-state index in [-0.39, 0.29) is 0 Å². The minimum atomic E-state index is -0.426. The van der Waals surface area contributed by atoms with Gasteiger partial charge in [0.2, 0.25) is 0 Å². The van der Waals surface area contributed by atoms with Gasteiger partial charge in [-0.2, -0.15) is 0 Å². The molecular weight excluding hydrogens is 166 g/mol. The number of ether oxygens (including phenoxy) is 1. The van der Waals surface area contributed by atoms with Crippen molar-refractivity contribution in [3.63, 3.8) is 0 Å². The van der Waals surface area contributed by atoms with E-state index in [1.807, 2.05) is 0 Å². The Hall–Kier alpha value is -1.77. The van der Waals surface area contributed by atoms with Crippen molar-refractivity contribution < 1.29 is 9.53 Å². The number of hydrogen-bond acceptors (Lipinski definition) is 3. The maximum absolute atomic E-state index is 11.0. The summed E-state index contributed by atoms with van der Waals surface area (Å²) in [5.74, 6) is 0.0481. The van der Waals surface area contributed by atoms with Crippen LogP contribution in [0.15, 0.2) is 36.4 Å². The van der Waals surface area contributed by atoms with Crippen LogP contribution in [0, 0.1) is 0 Å². The number of carbonyl (C=O) groups excluding carboxylic acids is 1. The van der Waals surface area contributed by atoms with Gasteiger partial charge >= 0.3 is 5.97 Å². The Balaban J connectivity index is 2.70. The number of hydrogen-bond donors (Lipinski definition) is 1. The molecule has 0 aliphatic heterocycles. The van der Waals surface area contributed by atoms with Gasteiger partial charge in [-0.3, -0.25) is 0 Å². The highest BCUT2D eigenvalue weighted by atomic mass is 16.5. The van der Waals surface area contributed by atoms with E-state index in [2.05, 4.69) is 6.58 Å². The molecule has 0 atom stereocenters. The number of nitrogen functional groups attached to an aromatic ring is 1. The summed E-state index contributed by atoms with van der Waals surface area (Å²) in [5, 5.41) is 0. The zero-order chi connectivity index (χ0) is 9.84. The molecule has 0 amide bonds. The maximum atomic E-state index is 11.0. The van der Waals surface area contributed by atoms with Gasteiger partial charge in [-0.25, -0.2) is 4.79 Å². The maximum Gasteiger partial charge on any atom is 0.338 e. The monoisotopic (exact) mass is 177 g/mol. The lowest BCUT2D eigenvalue weighted by atomic mass is 10.3. The van der Waals surface area contributed by atoms with Crippen LogP contribution in [-0.4, -0.2) is 5.97 Å². The van der Waals surface area contributed by atoms with Crippen LogP contribution in [0.2, 0.25) is 0 Å². The smallest absolute Gasteiger partial charge is 0.338 e. The molecule has 1 rings (SSSR count). The molecule has 0 spiro atoms. The number of rotatable bonds is 2. The lowest BCUT2D eigenvalue weighted by Crippen LogP contribution is -2.07. The number of anilines is 1.